The molecule has 0 aromatic carbocycles. The van der Waals surface area contributed by atoms with Crippen molar-refractivity contribution < 1.29 is 51.8 Å². The molecule has 0 saturated carbocycles. The van der Waals surface area contributed by atoms with Crippen molar-refractivity contribution in [2.24, 2.45) is 0 Å². The number of ether oxygens (including phenoxy) is 2. The third-order valence-corrected chi connectivity index (χ3v) is 18.0. The van der Waals surface area contributed by atoms with Gasteiger partial charge < -0.3 is 35.2 Å². The lowest BCUT2D eigenvalue weighted by atomic mass is 9.99. The minimum absolute atomic E-state index is 0.221. The summed E-state index contributed by atoms with van der Waals surface area (Å²) >= 11 is 0. The van der Waals surface area contributed by atoms with E-state index in [0.717, 1.165) is 51.4 Å². The minimum Gasteiger partial charge on any atom is -0.394 e. The lowest BCUT2D eigenvalue weighted by Crippen LogP contribution is -2.61. The van der Waals surface area contributed by atoms with Crippen LogP contribution in [0.2, 0.25) is 0 Å². The maximum atomic E-state index is 13.2. The number of unbranched alkanes of at least 4 members (excludes halogenated alkanes) is 51. The number of carbonyl (C=O) groups is 1. The van der Waals surface area contributed by atoms with Gasteiger partial charge >= 0.3 is 10.4 Å². The highest BCUT2D eigenvalue weighted by molar-refractivity contribution is 7.80. The highest BCUT2D eigenvalue weighted by Gasteiger charge is 2.48. The Kier molecular flexibility index (Phi) is 57.5. The smallest absolute Gasteiger partial charge is 0.394 e. The summed E-state index contributed by atoms with van der Waals surface area (Å²) in [6.45, 7) is 3.53. The topological polar surface area (TPSA) is 192 Å². The first kappa shape index (κ1) is 79.9. The fourth-order valence-corrected chi connectivity index (χ4v) is 12.6. The Balaban J connectivity index is 2.22. The molecule has 1 heterocycles. The maximum absolute atomic E-state index is 13.2. The molecule has 0 bridgehead atoms. The van der Waals surface area contributed by atoms with Gasteiger partial charge in [0.15, 0.2) is 6.29 Å². The van der Waals surface area contributed by atoms with Crippen LogP contribution >= 0.6 is 0 Å². The number of aliphatic hydroxyl groups is 4. The van der Waals surface area contributed by atoms with Crippen LogP contribution in [0, 0.1) is 0 Å². The number of hydrogen-bond donors (Lipinski definition) is 6. The third kappa shape index (κ3) is 51.4. The summed E-state index contributed by atoms with van der Waals surface area (Å²) in [5, 5.41) is 45.4. The molecule has 1 saturated heterocycles. The third-order valence-electron chi connectivity index (χ3n) is 17.6. The molecule has 1 fully saturated rings. The summed E-state index contributed by atoms with van der Waals surface area (Å²) in [7, 11) is -5.08. The summed E-state index contributed by atoms with van der Waals surface area (Å²) in [4.78, 5) is 13.2. The quantitative estimate of drug-likeness (QED) is 0.0193. The molecule has 7 atom stereocenters. The van der Waals surface area contributed by atoms with Gasteiger partial charge in [0.1, 0.15) is 24.4 Å². The predicted molar refractivity (Wildman–Crippen MR) is 347 cm³/mol. The van der Waals surface area contributed by atoms with E-state index in [1.165, 1.54) is 295 Å². The van der Waals surface area contributed by atoms with Gasteiger partial charge in [-0.3, -0.25) is 9.35 Å². The van der Waals surface area contributed by atoms with Gasteiger partial charge in [0.25, 0.3) is 0 Å². The molecular weight excluding hydrogens is 1060 g/mol. The van der Waals surface area contributed by atoms with E-state index < -0.39 is 59.9 Å². The Labute approximate surface area is 512 Å². The van der Waals surface area contributed by atoms with E-state index in [-0.39, 0.29) is 12.5 Å². The van der Waals surface area contributed by atoms with Crippen LogP contribution in [0.5, 0.6) is 0 Å². The molecule has 1 aliphatic heterocycles. The van der Waals surface area contributed by atoms with E-state index >= 15 is 0 Å². The van der Waals surface area contributed by atoms with Gasteiger partial charge in [0.05, 0.1) is 25.4 Å². The standard InChI is InChI=1S/C70H137NO11S/c1-3-5-7-9-11-13-15-17-19-21-23-25-27-29-30-31-32-33-34-36-38-40-42-44-46-48-50-52-54-56-58-60-66(74)71-63(62-80-70-68(76)69(82-83(77,78)79)67(75)65(61-72)81-70)64(73)59-57-55-53-51-49-47-45-43-41-39-37-35-28-26-24-22-20-18-16-14-12-10-8-6-4-2/h29-30,63-65,67-70,72-73,75-76H,3-28,31-62H2,1-2H3,(H,71,74)(H,77,78,79)/b30-29-. The van der Waals surface area contributed by atoms with E-state index in [1.54, 1.807) is 0 Å². The van der Waals surface area contributed by atoms with Crippen LogP contribution in [0.3, 0.4) is 0 Å². The van der Waals surface area contributed by atoms with E-state index in [2.05, 4.69) is 35.5 Å². The molecule has 0 radical (unpaired) electrons. The van der Waals surface area contributed by atoms with Crippen LogP contribution in [0.25, 0.3) is 0 Å². The molecule has 1 amide bonds. The van der Waals surface area contributed by atoms with E-state index in [1.807, 2.05) is 0 Å². The van der Waals surface area contributed by atoms with Crippen molar-refractivity contribution in [2.45, 2.75) is 416 Å². The minimum atomic E-state index is -5.08. The Morgan fingerprint density at radius 3 is 1.08 bits per heavy atom. The van der Waals surface area contributed by atoms with Crippen molar-refractivity contribution in [3.63, 3.8) is 0 Å². The van der Waals surface area contributed by atoms with Gasteiger partial charge in [0.2, 0.25) is 5.91 Å². The predicted octanol–water partition coefficient (Wildman–Crippen LogP) is 18.9. The fraction of sp³-hybridized carbons (Fsp3) is 0.957. The van der Waals surface area contributed by atoms with Crippen molar-refractivity contribution in [3.8, 4) is 0 Å². The van der Waals surface area contributed by atoms with Crippen LogP contribution < -0.4 is 5.32 Å². The molecule has 6 N–H and O–H groups in total. The van der Waals surface area contributed by atoms with Crippen LogP contribution in [0.1, 0.15) is 373 Å². The Morgan fingerprint density at radius 1 is 0.470 bits per heavy atom. The van der Waals surface area contributed by atoms with Gasteiger partial charge in [-0.05, 0) is 38.5 Å². The van der Waals surface area contributed by atoms with Crippen molar-refractivity contribution >= 4 is 16.3 Å². The number of allylic oxidation sites excluding steroid dienone is 2. The van der Waals surface area contributed by atoms with E-state index in [4.69, 9.17) is 9.47 Å². The van der Waals surface area contributed by atoms with Crippen LogP contribution in [0.4, 0.5) is 0 Å². The first-order chi connectivity index (χ1) is 40.5. The average molecular weight is 1200 g/mol. The summed E-state index contributed by atoms with van der Waals surface area (Å²) in [6.07, 6.45) is 66.8. The van der Waals surface area contributed by atoms with Gasteiger partial charge in [-0.15, -0.1) is 0 Å². The molecular formula is C70H137NO11S. The molecule has 83 heavy (non-hydrogen) atoms. The normalized spacial score (nSPS) is 18.4. The summed E-state index contributed by atoms with van der Waals surface area (Å²) in [5.74, 6) is -0.221. The van der Waals surface area contributed by atoms with Crippen molar-refractivity contribution in [1.82, 2.24) is 5.32 Å². The van der Waals surface area contributed by atoms with Crippen LogP contribution in [-0.2, 0) is 28.9 Å². The molecule has 1 aliphatic rings. The lowest BCUT2D eigenvalue weighted by Gasteiger charge is -2.41. The molecule has 494 valence electrons. The molecule has 0 aliphatic carbocycles. The lowest BCUT2D eigenvalue weighted by molar-refractivity contribution is -0.298. The zero-order valence-corrected chi connectivity index (χ0v) is 55.1. The molecule has 7 unspecified atom stereocenters. The van der Waals surface area contributed by atoms with Crippen molar-refractivity contribution in [1.29, 1.82) is 0 Å². The number of rotatable bonds is 65. The van der Waals surface area contributed by atoms with Crippen molar-refractivity contribution in [2.75, 3.05) is 13.2 Å². The molecule has 0 aromatic rings. The monoisotopic (exact) mass is 1200 g/mol. The molecule has 0 aromatic heterocycles. The van der Waals surface area contributed by atoms with Gasteiger partial charge in [-0.25, -0.2) is 4.18 Å². The average Bonchev–Trinajstić information content (AvgIpc) is 3.60. The van der Waals surface area contributed by atoms with Gasteiger partial charge in [-0.2, -0.15) is 8.42 Å². The molecule has 13 heteroatoms. The first-order valence-electron chi connectivity index (χ1n) is 36.1. The van der Waals surface area contributed by atoms with Gasteiger partial charge in [-0.1, -0.05) is 341 Å². The zero-order valence-electron chi connectivity index (χ0n) is 54.3. The van der Waals surface area contributed by atoms with Crippen molar-refractivity contribution in [3.05, 3.63) is 12.2 Å². The SMILES string of the molecule is CCCCCCCCCCCCCC/C=C\CCCCCCCCCCCCCCCCCC(=O)NC(COC1OC(CO)C(O)C(OS(=O)(=O)O)C1O)C(O)CCCCCCCCCCCCCCCCCCCCCCCCCCC. The Bertz CT molecular complexity index is 1500. The number of hydrogen-bond acceptors (Lipinski definition) is 10. The highest BCUT2D eigenvalue weighted by atomic mass is 32.3. The number of amides is 1. The largest absolute Gasteiger partial charge is 0.397 e. The number of nitrogens with one attached hydrogen (secondary N) is 1. The summed E-state index contributed by atoms with van der Waals surface area (Å²) in [5.41, 5.74) is 0. The number of carbonyl (C=O) groups excluding carboxylic acids is 1. The molecule has 12 nitrogen and oxygen atoms in total. The fourth-order valence-electron chi connectivity index (χ4n) is 12.0. The number of aliphatic hydroxyl groups excluding tert-OH is 4. The second kappa shape index (κ2) is 59.8. The first-order valence-corrected chi connectivity index (χ1v) is 37.4. The highest BCUT2D eigenvalue weighted by Crippen LogP contribution is 2.27. The summed E-state index contributed by atoms with van der Waals surface area (Å²) < 4.78 is 48.2. The Morgan fingerprint density at radius 2 is 0.771 bits per heavy atom. The molecule has 1 rings (SSSR count). The molecule has 0 spiro atoms. The second-order valence-electron chi connectivity index (χ2n) is 25.5. The summed E-state index contributed by atoms with van der Waals surface area (Å²) in [6, 6.07) is -0.857. The maximum Gasteiger partial charge on any atom is 0.397 e. The zero-order chi connectivity index (χ0) is 60.4. The van der Waals surface area contributed by atoms with E-state index in [0.29, 0.717) is 12.8 Å². The Hall–Kier alpha value is -1.16. The van der Waals surface area contributed by atoms with Crippen LogP contribution in [0.15, 0.2) is 12.2 Å². The van der Waals surface area contributed by atoms with E-state index in [9.17, 15) is 38.2 Å². The van der Waals surface area contributed by atoms with Gasteiger partial charge in [0, 0.05) is 6.42 Å². The second-order valence-corrected chi connectivity index (χ2v) is 26.6. The van der Waals surface area contributed by atoms with Crippen LogP contribution in [-0.4, -0.2) is 95.4 Å².